The lowest BCUT2D eigenvalue weighted by Crippen LogP contribution is -2.31. The maximum atomic E-state index is 11.2. The molecule has 3 N–H and O–H groups in total. The van der Waals surface area contributed by atoms with Gasteiger partial charge in [-0.05, 0) is 26.2 Å². The van der Waals surface area contributed by atoms with Gasteiger partial charge in [0.2, 0.25) is 5.91 Å². The molecule has 17 heavy (non-hydrogen) atoms. The highest BCUT2D eigenvalue weighted by Gasteiger charge is 2.14. The first kappa shape index (κ1) is 14.4. The third-order valence-electron chi connectivity index (χ3n) is 2.62. The van der Waals surface area contributed by atoms with Gasteiger partial charge in [-0.25, -0.2) is 0 Å². The number of amides is 1. The molecule has 0 radical (unpaired) electrons. The first-order chi connectivity index (χ1) is 8.18. The Morgan fingerprint density at radius 1 is 1.65 bits per heavy atom. The largest absolute Gasteiger partial charge is 0.379 e. The van der Waals surface area contributed by atoms with Crippen molar-refractivity contribution in [3.05, 3.63) is 0 Å². The summed E-state index contributed by atoms with van der Waals surface area (Å²) in [4.78, 5) is 11.2. The van der Waals surface area contributed by atoms with Crippen molar-refractivity contribution in [1.29, 1.82) is 0 Å². The molecule has 1 fully saturated rings. The van der Waals surface area contributed by atoms with Crippen LogP contribution in [0.5, 0.6) is 0 Å². The summed E-state index contributed by atoms with van der Waals surface area (Å²) in [5, 5.41) is 2.81. The Labute approximate surface area is 103 Å². The molecule has 0 bridgehead atoms. The number of carbonyl (C=O) groups is 1. The third-order valence-corrected chi connectivity index (χ3v) is 2.62. The molecule has 2 atom stereocenters. The smallest absolute Gasteiger partial charge is 0.221 e. The van der Waals surface area contributed by atoms with Gasteiger partial charge in [-0.15, -0.1) is 0 Å². The zero-order chi connectivity index (χ0) is 12.5. The van der Waals surface area contributed by atoms with Crippen molar-refractivity contribution in [2.45, 2.75) is 44.8 Å². The van der Waals surface area contributed by atoms with Crippen molar-refractivity contribution in [3.63, 3.8) is 0 Å². The third kappa shape index (κ3) is 7.31. The number of hydrogen-bond acceptors (Lipinski definition) is 4. The van der Waals surface area contributed by atoms with Gasteiger partial charge in [-0.1, -0.05) is 0 Å². The van der Waals surface area contributed by atoms with E-state index >= 15 is 0 Å². The van der Waals surface area contributed by atoms with Crippen LogP contribution in [0.3, 0.4) is 0 Å². The number of nitrogens with one attached hydrogen (secondary N) is 1. The molecule has 0 aromatic heterocycles. The zero-order valence-electron chi connectivity index (χ0n) is 10.6. The van der Waals surface area contributed by atoms with Crippen LogP contribution in [0, 0.1) is 0 Å². The molecular formula is C12H24N2O3. The van der Waals surface area contributed by atoms with Crippen LogP contribution in [-0.4, -0.2) is 44.4 Å². The summed E-state index contributed by atoms with van der Waals surface area (Å²) < 4.78 is 10.9. The first-order valence-electron chi connectivity index (χ1n) is 6.40. The second-order valence-electron chi connectivity index (χ2n) is 4.59. The number of hydrogen-bond donors (Lipinski definition) is 2. The van der Waals surface area contributed by atoms with E-state index in [-0.39, 0.29) is 18.1 Å². The molecule has 1 heterocycles. The van der Waals surface area contributed by atoms with E-state index in [9.17, 15) is 4.79 Å². The Kier molecular flexibility index (Phi) is 7.16. The molecular weight excluding hydrogens is 220 g/mol. The molecule has 5 heteroatoms. The Hall–Kier alpha value is -0.650. The van der Waals surface area contributed by atoms with Gasteiger partial charge in [0.15, 0.2) is 0 Å². The monoisotopic (exact) mass is 244 g/mol. The van der Waals surface area contributed by atoms with Crippen LogP contribution in [0.1, 0.15) is 32.6 Å². The second-order valence-corrected chi connectivity index (χ2v) is 4.59. The van der Waals surface area contributed by atoms with Gasteiger partial charge >= 0.3 is 0 Å². The molecule has 1 aliphatic heterocycles. The fraction of sp³-hybridized carbons (Fsp3) is 0.917. The molecule has 5 nitrogen and oxygen atoms in total. The average Bonchev–Trinajstić information content (AvgIpc) is 2.75. The highest BCUT2D eigenvalue weighted by molar-refractivity contribution is 5.76. The summed E-state index contributed by atoms with van der Waals surface area (Å²) in [6.45, 7) is 4.68. The Morgan fingerprint density at radius 3 is 3.12 bits per heavy atom. The molecule has 0 aromatic carbocycles. The average molecular weight is 244 g/mol. The standard InChI is InChI=1S/C12H24N2O3/c1-10(13)8-12(15)14-5-3-6-16-9-11-4-2-7-17-11/h10-11H,2-9,13H2,1H3,(H,14,15). The number of ether oxygens (including phenoxy) is 2. The van der Waals surface area contributed by atoms with Crippen molar-refractivity contribution in [1.82, 2.24) is 5.32 Å². The van der Waals surface area contributed by atoms with Crippen LogP contribution in [0.25, 0.3) is 0 Å². The van der Waals surface area contributed by atoms with E-state index in [1.807, 2.05) is 6.92 Å². The fourth-order valence-electron chi connectivity index (χ4n) is 1.76. The fourth-order valence-corrected chi connectivity index (χ4v) is 1.76. The van der Waals surface area contributed by atoms with E-state index in [2.05, 4.69) is 5.32 Å². The number of carbonyl (C=O) groups excluding carboxylic acids is 1. The van der Waals surface area contributed by atoms with Crippen molar-refractivity contribution >= 4 is 5.91 Å². The SMILES string of the molecule is CC(N)CC(=O)NCCCOCC1CCCO1. The molecule has 1 amide bonds. The Bertz CT molecular complexity index is 216. The summed E-state index contributed by atoms with van der Waals surface area (Å²) in [6.07, 6.45) is 3.74. The highest BCUT2D eigenvalue weighted by atomic mass is 16.5. The van der Waals surface area contributed by atoms with Crippen molar-refractivity contribution in [2.75, 3.05) is 26.4 Å². The summed E-state index contributed by atoms with van der Waals surface area (Å²) in [5.74, 6) is 0.0131. The van der Waals surface area contributed by atoms with Gasteiger partial charge in [0.05, 0.1) is 12.7 Å². The molecule has 0 saturated carbocycles. The minimum atomic E-state index is -0.0780. The molecule has 2 unspecified atom stereocenters. The van der Waals surface area contributed by atoms with Crippen LogP contribution < -0.4 is 11.1 Å². The van der Waals surface area contributed by atoms with E-state index < -0.39 is 0 Å². The van der Waals surface area contributed by atoms with Gasteiger partial charge in [0.1, 0.15) is 0 Å². The van der Waals surface area contributed by atoms with E-state index in [4.69, 9.17) is 15.2 Å². The van der Waals surface area contributed by atoms with Gasteiger partial charge in [0.25, 0.3) is 0 Å². The molecule has 1 rings (SSSR count). The van der Waals surface area contributed by atoms with Gasteiger partial charge in [0, 0.05) is 32.2 Å². The molecule has 1 saturated heterocycles. The molecule has 0 aliphatic carbocycles. The van der Waals surface area contributed by atoms with Crippen molar-refractivity contribution in [3.8, 4) is 0 Å². The molecule has 1 aliphatic rings. The summed E-state index contributed by atoms with van der Waals surface area (Å²) >= 11 is 0. The molecule has 0 spiro atoms. The predicted octanol–water partition coefficient (Wildman–Crippen LogP) is 0.426. The van der Waals surface area contributed by atoms with Gasteiger partial charge in [-0.3, -0.25) is 4.79 Å². The van der Waals surface area contributed by atoms with Crippen LogP contribution in [0.4, 0.5) is 0 Å². The lowest BCUT2D eigenvalue weighted by atomic mass is 10.2. The Balaban J connectivity index is 1.85. The van der Waals surface area contributed by atoms with E-state index in [0.29, 0.717) is 26.2 Å². The second kappa shape index (κ2) is 8.44. The topological polar surface area (TPSA) is 73.6 Å². The maximum Gasteiger partial charge on any atom is 0.221 e. The van der Waals surface area contributed by atoms with E-state index in [1.165, 1.54) is 0 Å². The van der Waals surface area contributed by atoms with Crippen LogP contribution in [0.2, 0.25) is 0 Å². The van der Waals surface area contributed by atoms with Crippen molar-refractivity contribution in [2.24, 2.45) is 5.73 Å². The number of nitrogens with two attached hydrogens (primary N) is 1. The van der Waals surface area contributed by atoms with Crippen LogP contribution >= 0.6 is 0 Å². The summed E-state index contributed by atoms with van der Waals surface area (Å²) in [5.41, 5.74) is 5.52. The Morgan fingerprint density at radius 2 is 2.47 bits per heavy atom. The van der Waals surface area contributed by atoms with E-state index in [1.54, 1.807) is 0 Å². The normalized spacial score (nSPS) is 21.4. The quantitative estimate of drug-likeness (QED) is 0.607. The van der Waals surface area contributed by atoms with Gasteiger partial charge in [-0.2, -0.15) is 0 Å². The first-order valence-corrected chi connectivity index (χ1v) is 6.40. The van der Waals surface area contributed by atoms with Crippen molar-refractivity contribution < 1.29 is 14.3 Å². The van der Waals surface area contributed by atoms with Crippen LogP contribution in [-0.2, 0) is 14.3 Å². The van der Waals surface area contributed by atoms with Gasteiger partial charge < -0.3 is 20.5 Å². The lowest BCUT2D eigenvalue weighted by molar-refractivity contribution is -0.121. The van der Waals surface area contributed by atoms with Crippen LogP contribution in [0.15, 0.2) is 0 Å². The molecule has 100 valence electrons. The number of rotatable bonds is 8. The van der Waals surface area contributed by atoms with E-state index in [0.717, 1.165) is 25.9 Å². The predicted molar refractivity (Wildman–Crippen MR) is 65.7 cm³/mol. The summed E-state index contributed by atoms with van der Waals surface area (Å²) in [7, 11) is 0. The maximum absolute atomic E-state index is 11.2. The molecule has 0 aromatic rings. The zero-order valence-corrected chi connectivity index (χ0v) is 10.6. The lowest BCUT2D eigenvalue weighted by Gasteiger charge is -2.10. The minimum absolute atomic E-state index is 0.0131. The summed E-state index contributed by atoms with van der Waals surface area (Å²) in [6, 6.07) is -0.0780. The highest BCUT2D eigenvalue weighted by Crippen LogP contribution is 2.11. The minimum Gasteiger partial charge on any atom is -0.379 e.